The molecule has 1 atom stereocenters. The fraction of sp³-hybridized carbons (Fsp3) is 0.538. The van der Waals surface area contributed by atoms with Crippen LogP contribution in [-0.2, 0) is 9.53 Å². The summed E-state index contributed by atoms with van der Waals surface area (Å²) in [7, 11) is 1.35. The number of nitrogens with zero attached hydrogens (tertiary/aromatic N) is 1. The Kier molecular flexibility index (Phi) is 3.91. The minimum atomic E-state index is -0.388. The van der Waals surface area contributed by atoms with E-state index >= 15 is 0 Å². The molecule has 6 heteroatoms. The van der Waals surface area contributed by atoms with Crippen LogP contribution in [-0.4, -0.2) is 32.1 Å². The SMILES string of the molecule is COC(=O)c1c(N2CC(CN)CC2=O)sc(C)c1C. The Morgan fingerprint density at radius 1 is 1.53 bits per heavy atom. The van der Waals surface area contributed by atoms with Crippen LogP contribution in [0.4, 0.5) is 5.00 Å². The first kappa shape index (κ1) is 14.0. The van der Waals surface area contributed by atoms with Gasteiger partial charge in [0.05, 0.1) is 12.7 Å². The Morgan fingerprint density at radius 3 is 2.74 bits per heavy atom. The van der Waals surface area contributed by atoms with Gasteiger partial charge in [-0.05, 0) is 31.9 Å². The number of hydrogen-bond donors (Lipinski definition) is 1. The number of aryl methyl sites for hydroxylation is 1. The van der Waals surface area contributed by atoms with Gasteiger partial charge in [0.2, 0.25) is 5.91 Å². The summed E-state index contributed by atoms with van der Waals surface area (Å²) >= 11 is 1.46. The van der Waals surface area contributed by atoms with Crippen LogP contribution >= 0.6 is 11.3 Å². The third-order valence-electron chi connectivity index (χ3n) is 3.54. The van der Waals surface area contributed by atoms with Crippen molar-refractivity contribution in [1.29, 1.82) is 0 Å². The van der Waals surface area contributed by atoms with Gasteiger partial charge in [0.15, 0.2) is 0 Å². The quantitative estimate of drug-likeness (QED) is 0.852. The van der Waals surface area contributed by atoms with Gasteiger partial charge in [-0.25, -0.2) is 4.79 Å². The number of ether oxygens (including phenoxy) is 1. The van der Waals surface area contributed by atoms with E-state index in [0.29, 0.717) is 30.1 Å². The minimum Gasteiger partial charge on any atom is -0.465 e. The summed E-state index contributed by atoms with van der Waals surface area (Å²) in [6, 6.07) is 0. The predicted molar refractivity (Wildman–Crippen MR) is 74.6 cm³/mol. The van der Waals surface area contributed by atoms with Crippen molar-refractivity contribution in [1.82, 2.24) is 0 Å². The molecule has 1 aromatic heterocycles. The second-order valence-corrected chi connectivity index (χ2v) is 5.97. The van der Waals surface area contributed by atoms with Crippen LogP contribution in [0.3, 0.4) is 0 Å². The lowest BCUT2D eigenvalue weighted by atomic mass is 10.1. The number of anilines is 1. The molecule has 1 amide bonds. The van der Waals surface area contributed by atoms with Crippen molar-refractivity contribution in [3.05, 3.63) is 16.0 Å². The topological polar surface area (TPSA) is 72.6 Å². The van der Waals surface area contributed by atoms with Crippen LogP contribution in [0.5, 0.6) is 0 Å². The monoisotopic (exact) mass is 282 g/mol. The number of carbonyl (C=O) groups is 2. The Hall–Kier alpha value is -1.40. The van der Waals surface area contributed by atoms with E-state index in [1.54, 1.807) is 4.90 Å². The normalized spacial score (nSPS) is 19.1. The second-order valence-electron chi connectivity index (χ2n) is 4.77. The highest BCUT2D eigenvalue weighted by Crippen LogP contribution is 2.38. The van der Waals surface area contributed by atoms with Crippen molar-refractivity contribution in [2.24, 2.45) is 11.7 Å². The van der Waals surface area contributed by atoms with Gasteiger partial charge in [-0.15, -0.1) is 11.3 Å². The molecular formula is C13H18N2O3S. The first-order valence-corrected chi connectivity index (χ1v) is 7.00. The van der Waals surface area contributed by atoms with E-state index in [4.69, 9.17) is 10.5 Å². The Labute approximate surface area is 116 Å². The molecule has 1 aliphatic heterocycles. The summed E-state index contributed by atoms with van der Waals surface area (Å²) in [6.45, 7) is 4.89. The predicted octanol–water partition coefficient (Wildman–Crippen LogP) is 1.46. The minimum absolute atomic E-state index is 0.0295. The van der Waals surface area contributed by atoms with Gasteiger partial charge in [-0.1, -0.05) is 0 Å². The average Bonchev–Trinajstić information content (AvgIpc) is 2.90. The molecule has 5 nitrogen and oxygen atoms in total. The molecule has 0 aliphatic carbocycles. The van der Waals surface area contributed by atoms with Crippen LogP contribution in [0.25, 0.3) is 0 Å². The second kappa shape index (κ2) is 5.30. The highest BCUT2D eigenvalue weighted by Gasteiger charge is 2.34. The molecule has 1 aromatic rings. The van der Waals surface area contributed by atoms with Gasteiger partial charge < -0.3 is 15.4 Å². The van der Waals surface area contributed by atoms with Crippen LogP contribution in [0.2, 0.25) is 0 Å². The summed E-state index contributed by atoms with van der Waals surface area (Å²) in [5.74, 6) is -0.191. The maximum atomic E-state index is 12.1. The zero-order valence-electron chi connectivity index (χ0n) is 11.4. The Morgan fingerprint density at radius 2 is 2.21 bits per heavy atom. The molecule has 1 fully saturated rings. The molecule has 0 aromatic carbocycles. The van der Waals surface area contributed by atoms with E-state index in [0.717, 1.165) is 10.4 Å². The van der Waals surface area contributed by atoms with Crippen molar-refractivity contribution >= 4 is 28.2 Å². The summed E-state index contributed by atoms with van der Waals surface area (Å²) in [5, 5.41) is 0.697. The third-order valence-corrected chi connectivity index (χ3v) is 4.77. The van der Waals surface area contributed by atoms with Crippen molar-refractivity contribution in [2.45, 2.75) is 20.3 Å². The number of rotatable bonds is 3. The number of nitrogens with two attached hydrogens (primary N) is 1. The number of thiophene rings is 1. The van der Waals surface area contributed by atoms with Crippen molar-refractivity contribution in [3.63, 3.8) is 0 Å². The molecular weight excluding hydrogens is 264 g/mol. The van der Waals surface area contributed by atoms with E-state index < -0.39 is 0 Å². The third kappa shape index (κ3) is 2.37. The molecule has 2 heterocycles. The number of methoxy groups -OCH3 is 1. The molecule has 2 N–H and O–H groups in total. The van der Waals surface area contributed by atoms with Gasteiger partial charge in [-0.2, -0.15) is 0 Å². The van der Waals surface area contributed by atoms with E-state index in [-0.39, 0.29) is 17.8 Å². The van der Waals surface area contributed by atoms with Gasteiger partial charge in [0.1, 0.15) is 5.00 Å². The molecule has 19 heavy (non-hydrogen) atoms. The van der Waals surface area contributed by atoms with Crippen LogP contribution in [0.1, 0.15) is 27.2 Å². The van der Waals surface area contributed by atoms with Crippen LogP contribution in [0, 0.1) is 19.8 Å². The summed E-state index contributed by atoms with van der Waals surface area (Å²) in [5.41, 5.74) is 7.02. The maximum absolute atomic E-state index is 12.1. The van der Waals surface area contributed by atoms with Gasteiger partial charge >= 0.3 is 5.97 Å². The van der Waals surface area contributed by atoms with Crippen molar-refractivity contribution in [2.75, 3.05) is 25.1 Å². The molecule has 0 bridgehead atoms. The first-order valence-electron chi connectivity index (χ1n) is 6.18. The molecule has 0 saturated carbocycles. The molecule has 1 saturated heterocycles. The van der Waals surface area contributed by atoms with Crippen LogP contribution < -0.4 is 10.6 Å². The standard InChI is InChI=1S/C13H18N2O3S/c1-7-8(2)19-12(11(7)13(17)18-3)15-6-9(5-14)4-10(15)16/h9H,4-6,14H2,1-3H3. The van der Waals surface area contributed by atoms with Crippen molar-refractivity contribution < 1.29 is 14.3 Å². The van der Waals surface area contributed by atoms with Gasteiger partial charge in [0, 0.05) is 17.8 Å². The molecule has 1 unspecified atom stereocenters. The highest BCUT2D eigenvalue weighted by atomic mass is 32.1. The number of hydrogen-bond acceptors (Lipinski definition) is 5. The Bertz CT molecular complexity index is 524. The van der Waals surface area contributed by atoms with Gasteiger partial charge in [-0.3, -0.25) is 4.79 Å². The van der Waals surface area contributed by atoms with Crippen LogP contribution in [0.15, 0.2) is 0 Å². The fourth-order valence-electron chi connectivity index (χ4n) is 2.28. The molecule has 2 rings (SSSR count). The number of amides is 1. The average molecular weight is 282 g/mol. The van der Waals surface area contributed by atoms with Crippen molar-refractivity contribution in [3.8, 4) is 0 Å². The van der Waals surface area contributed by atoms with E-state index in [9.17, 15) is 9.59 Å². The number of esters is 1. The molecule has 0 radical (unpaired) electrons. The fourth-order valence-corrected chi connectivity index (χ4v) is 3.45. The lowest BCUT2D eigenvalue weighted by molar-refractivity contribution is -0.117. The zero-order chi connectivity index (χ0) is 14.2. The summed E-state index contributed by atoms with van der Waals surface area (Å²) in [4.78, 5) is 26.7. The summed E-state index contributed by atoms with van der Waals surface area (Å²) in [6.07, 6.45) is 0.451. The molecule has 104 valence electrons. The smallest absolute Gasteiger partial charge is 0.341 e. The maximum Gasteiger partial charge on any atom is 0.341 e. The zero-order valence-corrected chi connectivity index (χ0v) is 12.2. The number of carbonyl (C=O) groups excluding carboxylic acids is 2. The largest absolute Gasteiger partial charge is 0.465 e. The van der Waals surface area contributed by atoms with E-state index in [1.807, 2.05) is 13.8 Å². The summed E-state index contributed by atoms with van der Waals surface area (Å²) < 4.78 is 4.82. The van der Waals surface area contributed by atoms with E-state index in [2.05, 4.69) is 0 Å². The Balaban J connectivity index is 2.43. The van der Waals surface area contributed by atoms with Gasteiger partial charge in [0.25, 0.3) is 0 Å². The highest BCUT2D eigenvalue weighted by molar-refractivity contribution is 7.16. The molecule has 1 aliphatic rings. The first-order chi connectivity index (χ1) is 8.99. The lowest BCUT2D eigenvalue weighted by Crippen LogP contribution is -2.26. The lowest BCUT2D eigenvalue weighted by Gasteiger charge is -2.16. The molecule has 0 spiro atoms. The van der Waals surface area contributed by atoms with E-state index in [1.165, 1.54) is 18.4 Å².